The molecule has 1 N–H and O–H groups in total. The predicted octanol–water partition coefficient (Wildman–Crippen LogP) is 1.86. The van der Waals surface area contributed by atoms with E-state index in [-0.39, 0.29) is 6.61 Å². The van der Waals surface area contributed by atoms with Crippen molar-refractivity contribution < 1.29 is 5.11 Å². The van der Waals surface area contributed by atoms with Crippen LogP contribution in [0.5, 0.6) is 0 Å². The SMILES string of the molecule is C=CCC(CO)CCCC#N. The summed E-state index contributed by atoms with van der Waals surface area (Å²) in [5.74, 6) is 0.306. The Bertz CT molecular complexity index is 137. The predicted molar refractivity (Wildman–Crippen MR) is 44.9 cm³/mol. The molecule has 0 spiro atoms. The van der Waals surface area contributed by atoms with Crippen LogP contribution in [0.15, 0.2) is 12.7 Å². The second-order valence-corrected chi connectivity index (χ2v) is 2.62. The number of aliphatic hydroxyl groups is 1. The highest BCUT2D eigenvalue weighted by atomic mass is 16.3. The lowest BCUT2D eigenvalue weighted by Crippen LogP contribution is -2.04. The van der Waals surface area contributed by atoms with E-state index in [0.717, 1.165) is 19.3 Å². The van der Waals surface area contributed by atoms with Crippen LogP contribution in [-0.2, 0) is 0 Å². The third-order valence-corrected chi connectivity index (χ3v) is 1.66. The fourth-order valence-corrected chi connectivity index (χ4v) is 0.989. The Kier molecular flexibility index (Phi) is 6.76. The average Bonchev–Trinajstić information content (AvgIpc) is 2.03. The van der Waals surface area contributed by atoms with Gasteiger partial charge in [-0.05, 0) is 25.2 Å². The van der Waals surface area contributed by atoms with Crippen LogP contribution in [0.2, 0.25) is 0 Å². The van der Waals surface area contributed by atoms with E-state index in [2.05, 4.69) is 12.6 Å². The van der Waals surface area contributed by atoms with Gasteiger partial charge in [0.15, 0.2) is 0 Å². The van der Waals surface area contributed by atoms with E-state index in [0.29, 0.717) is 12.3 Å². The molecule has 0 radical (unpaired) electrons. The molecule has 2 heteroatoms. The molecule has 2 nitrogen and oxygen atoms in total. The van der Waals surface area contributed by atoms with Gasteiger partial charge in [-0.3, -0.25) is 0 Å². The molecule has 0 amide bonds. The summed E-state index contributed by atoms with van der Waals surface area (Å²) in [6.45, 7) is 3.81. The fraction of sp³-hybridized carbons (Fsp3) is 0.667. The van der Waals surface area contributed by atoms with Crippen LogP contribution >= 0.6 is 0 Å². The fourth-order valence-electron chi connectivity index (χ4n) is 0.989. The smallest absolute Gasteiger partial charge is 0.0621 e. The zero-order valence-corrected chi connectivity index (χ0v) is 6.79. The zero-order valence-electron chi connectivity index (χ0n) is 6.79. The molecular weight excluding hydrogens is 138 g/mol. The monoisotopic (exact) mass is 153 g/mol. The Morgan fingerprint density at radius 2 is 2.36 bits per heavy atom. The summed E-state index contributed by atoms with van der Waals surface area (Å²) in [5, 5.41) is 17.1. The molecule has 0 heterocycles. The summed E-state index contributed by atoms with van der Waals surface area (Å²) in [5.41, 5.74) is 0. The molecule has 0 aliphatic rings. The first-order valence-electron chi connectivity index (χ1n) is 3.93. The highest BCUT2D eigenvalue weighted by molar-refractivity contribution is 4.75. The van der Waals surface area contributed by atoms with E-state index in [1.165, 1.54) is 0 Å². The van der Waals surface area contributed by atoms with E-state index < -0.39 is 0 Å². The van der Waals surface area contributed by atoms with Gasteiger partial charge in [0.2, 0.25) is 0 Å². The standard InChI is InChI=1S/C9H15NO/c1-2-5-9(8-11)6-3-4-7-10/h2,9,11H,1,3-6,8H2. The normalized spacial score (nSPS) is 12.0. The quantitative estimate of drug-likeness (QED) is 0.467. The van der Waals surface area contributed by atoms with Crippen molar-refractivity contribution in [2.45, 2.75) is 25.7 Å². The maximum Gasteiger partial charge on any atom is 0.0621 e. The maximum absolute atomic E-state index is 8.83. The molecule has 0 aromatic rings. The molecular formula is C9H15NO. The largest absolute Gasteiger partial charge is 0.396 e. The number of aliphatic hydroxyl groups excluding tert-OH is 1. The van der Waals surface area contributed by atoms with Gasteiger partial charge in [-0.15, -0.1) is 6.58 Å². The Morgan fingerprint density at radius 1 is 1.64 bits per heavy atom. The van der Waals surface area contributed by atoms with Crippen LogP contribution in [0.25, 0.3) is 0 Å². The van der Waals surface area contributed by atoms with Crippen molar-refractivity contribution in [2.24, 2.45) is 5.92 Å². The Balaban J connectivity index is 3.36. The Hall–Kier alpha value is -0.810. The lowest BCUT2D eigenvalue weighted by Gasteiger charge is -2.08. The van der Waals surface area contributed by atoms with Crippen LogP contribution in [0.4, 0.5) is 0 Å². The first-order valence-corrected chi connectivity index (χ1v) is 3.93. The van der Waals surface area contributed by atoms with Gasteiger partial charge in [0.25, 0.3) is 0 Å². The summed E-state index contributed by atoms with van der Waals surface area (Å²) < 4.78 is 0. The van der Waals surface area contributed by atoms with Crippen LogP contribution in [-0.4, -0.2) is 11.7 Å². The molecule has 0 aromatic heterocycles. The number of nitrogens with zero attached hydrogens (tertiary/aromatic N) is 1. The maximum atomic E-state index is 8.83. The molecule has 0 bridgehead atoms. The van der Waals surface area contributed by atoms with Gasteiger partial charge in [0.1, 0.15) is 0 Å². The molecule has 0 saturated heterocycles. The van der Waals surface area contributed by atoms with Crippen molar-refractivity contribution >= 4 is 0 Å². The highest BCUT2D eigenvalue weighted by Gasteiger charge is 2.03. The Labute approximate surface area is 68.2 Å². The molecule has 1 unspecified atom stereocenters. The number of rotatable bonds is 6. The number of nitriles is 1. The molecule has 62 valence electrons. The van der Waals surface area contributed by atoms with Crippen molar-refractivity contribution in [3.8, 4) is 6.07 Å². The lowest BCUT2D eigenvalue weighted by atomic mass is 10.00. The topological polar surface area (TPSA) is 44.0 Å². The van der Waals surface area contributed by atoms with Crippen molar-refractivity contribution in [3.63, 3.8) is 0 Å². The van der Waals surface area contributed by atoms with E-state index >= 15 is 0 Å². The number of hydrogen-bond acceptors (Lipinski definition) is 2. The van der Waals surface area contributed by atoms with Gasteiger partial charge < -0.3 is 5.11 Å². The molecule has 0 rings (SSSR count). The minimum absolute atomic E-state index is 0.206. The third kappa shape index (κ3) is 5.63. The molecule has 0 aliphatic heterocycles. The van der Waals surface area contributed by atoms with E-state index in [1.807, 2.05) is 6.08 Å². The van der Waals surface area contributed by atoms with Gasteiger partial charge in [-0.2, -0.15) is 5.26 Å². The first-order chi connectivity index (χ1) is 5.35. The zero-order chi connectivity index (χ0) is 8.53. The average molecular weight is 153 g/mol. The first kappa shape index (κ1) is 10.2. The minimum atomic E-state index is 0.206. The second kappa shape index (κ2) is 7.30. The van der Waals surface area contributed by atoms with Gasteiger partial charge in [0.05, 0.1) is 6.07 Å². The third-order valence-electron chi connectivity index (χ3n) is 1.66. The van der Waals surface area contributed by atoms with Crippen molar-refractivity contribution in [1.29, 1.82) is 5.26 Å². The minimum Gasteiger partial charge on any atom is -0.396 e. The molecule has 11 heavy (non-hydrogen) atoms. The summed E-state index contributed by atoms with van der Waals surface area (Å²) in [6.07, 6.45) is 5.06. The number of allylic oxidation sites excluding steroid dienone is 1. The van der Waals surface area contributed by atoms with Gasteiger partial charge in [-0.1, -0.05) is 6.08 Å². The van der Waals surface area contributed by atoms with Gasteiger partial charge >= 0.3 is 0 Å². The molecule has 1 atom stereocenters. The molecule has 0 aromatic carbocycles. The van der Waals surface area contributed by atoms with E-state index in [1.54, 1.807) is 0 Å². The van der Waals surface area contributed by atoms with Gasteiger partial charge in [-0.25, -0.2) is 0 Å². The van der Waals surface area contributed by atoms with Crippen molar-refractivity contribution in [3.05, 3.63) is 12.7 Å². The summed E-state index contributed by atoms with van der Waals surface area (Å²) in [6, 6.07) is 2.08. The van der Waals surface area contributed by atoms with E-state index in [4.69, 9.17) is 10.4 Å². The summed E-state index contributed by atoms with van der Waals surface area (Å²) >= 11 is 0. The summed E-state index contributed by atoms with van der Waals surface area (Å²) in [4.78, 5) is 0. The van der Waals surface area contributed by atoms with Gasteiger partial charge in [0, 0.05) is 13.0 Å². The number of hydrogen-bond donors (Lipinski definition) is 1. The summed E-state index contributed by atoms with van der Waals surface area (Å²) in [7, 11) is 0. The van der Waals surface area contributed by atoms with Crippen molar-refractivity contribution in [2.75, 3.05) is 6.61 Å². The Morgan fingerprint density at radius 3 is 2.82 bits per heavy atom. The second-order valence-electron chi connectivity index (χ2n) is 2.62. The molecule has 0 aliphatic carbocycles. The van der Waals surface area contributed by atoms with Crippen LogP contribution in [0.1, 0.15) is 25.7 Å². The molecule has 0 fully saturated rings. The van der Waals surface area contributed by atoms with Crippen LogP contribution in [0, 0.1) is 17.2 Å². The molecule has 0 saturated carbocycles. The van der Waals surface area contributed by atoms with Crippen LogP contribution in [0.3, 0.4) is 0 Å². The van der Waals surface area contributed by atoms with Crippen LogP contribution < -0.4 is 0 Å². The van der Waals surface area contributed by atoms with Crippen molar-refractivity contribution in [1.82, 2.24) is 0 Å². The van der Waals surface area contributed by atoms with E-state index in [9.17, 15) is 0 Å². The highest BCUT2D eigenvalue weighted by Crippen LogP contribution is 2.11. The lowest BCUT2D eigenvalue weighted by molar-refractivity contribution is 0.218. The number of unbranched alkanes of at least 4 members (excludes halogenated alkanes) is 1.